The van der Waals surface area contributed by atoms with E-state index in [1.807, 2.05) is 31.5 Å². The van der Waals surface area contributed by atoms with Crippen LogP contribution in [0.5, 0.6) is 0 Å². The highest BCUT2D eigenvalue weighted by Gasteiger charge is 2.07. The summed E-state index contributed by atoms with van der Waals surface area (Å²) in [5.41, 5.74) is 4.77. The Morgan fingerprint density at radius 1 is 1.26 bits per heavy atom. The second-order valence-corrected chi connectivity index (χ2v) is 4.56. The van der Waals surface area contributed by atoms with Crippen molar-refractivity contribution in [3.63, 3.8) is 0 Å². The van der Waals surface area contributed by atoms with Crippen LogP contribution in [-0.2, 0) is 20.1 Å². The maximum Gasteiger partial charge on any atom is 0.120 e. The molecule has 0 aliphatic carbocycles. The third-order valence-electron chi connectivity index (χ3n) is 3.21. The molecule has 5 nitrogen and oxygen atoms in total. The zero-order chi connectivity index (χ0) is 13.8. The molecule has 0 amide bonds. The zero-order valence-corrected chi connectivity index (χ0v) is 11.4. The number of rotatable bonds is 4. The lowest BCUT2D eigenvalue weighted by molar-refractivity contribution is 0.671. The van der Waals surface area contributed by atoms with E-state index in [-0.39, 0.29) is 0 Å². The molecule has 0 aliphatic heterocycles. The van der Waals surface area contributed by atoms with Gasteiger partial charge in [0.1, 0.15) is 11.8 Å². The molecular formula is C14H17N5. The average molecular weight is 255 g/mol. The second-order valence-electron chi connectivity index (χ2n) is 4.56. The fraction of sp³-hybridized carbons (Fsp3) is 0.357. The van der Waals surface area contributed by atoms with Gasteiger partial charge >= 0.3 is 0 Å². The van der Waals surface area contributed by atoms with E-state index in [0.29, 0.717) is 12.2 Å². The van der Waals surface area contributed by atoms with Gasteiger partial charge in [0.15, 0.2) is 0 Å². The summed E-state index contributed by atoms with van der Waals surface area (Å²) in [4.78, 5) is 8.49. The maximum absolute atomic E-state index is 8.98. The van der Waals surface area contributed by atoms with E-state index < -0.39 is 0 Å². The van der Waals surface area contributed by atoms with Crippen molar-refractivity contribution in [2.24, 2.45) is 7.05 Å². The van der Waals surface area contributed by atoms with E-state index in [2.05, 4.69) is 21.4 Å². The third kappa shape index (κ3) is 2.98. The lowest BCUT2D eigenvalue weighted by Crippen LogP contribution is -2.14. The highest BCUT2D eigenvalue weighted by Crippen LogP contribution is 2.13. The van der Waals surface area contributed by atoms with E-state index in [9.17, 15) is 0 Å². The van der Waals surface area contributed by atoms with Gasteiger partial charge in [-0.05, 0) is 25.5 Å². The molecule has 1 N–H and O–H groups in total. The smallest absolute Gasteiger partial charge is 0.120 e. The standard InChI is InChI=1S/C14H17N5/c1-10-6-18-13(9-17-10)8-16-7-12-4-14(5-15)19(3)11(12)2/h4,6,9,16H,7-8H2,1-3H3. The van der Waals surface area contributed by atoms with E-state index in [1.165, 1.54) is 0 Å². The summed E-state index contributed by atoms with van der Waals surface area (Å²) in [6.07, 6.45) is 3.54. The molecule has 98 valence electrons. The lowest BCUT2D eigenvalue weighted by atomic mass is 10.2. The Morgan fingerprint density at radius 2 is 2.05 bits per heavy atom. The van der Waals surface area contributed by atoms with Gasteiger partial charge in [0.05, 0.1) is 11.4 Å². The summed E-state index contributed by atoms with van der Waals surface area (Å²) < 4.78 is 1.91. The van der Waals surface area contributed by atoms with Crippen molar-refractivity contribution >= 4 is 0 Å². The number of aryl methyl sites for hydroxylation is 1. The lowest BCUT2D eigenvalue weighted by Gasteiger charge is -2.05. The highest BCUT2D eigenvalue weighted by atomic mass is 15.0. The van der Waals surface area contributed by atoms with Crippen LogP contribution in [0.25, 0.3) is 0 Å². The van der Waals surface area contributed by atoms with Crippen LogP contribution in [-0.4, -0.2) is 14.5 Å². The zero-order valence-electron chi connectivity index (χ0n) is 11.4. The van der Waals surface area contributed by atoms with Crippen LogP contribution < -0.4 is 5.32 Å². The first-order chi connectivity index (χ1) is 9.11. The van der Waals surface area contributed by atoms with Crippen LogP contribution in [0.4, 0.5) is 0 Å². The van der Waals surface area contributed by atoms with Gasteiger partial charge in [-0.3, -0.25) is 9.97 Å². The van der Waals surface area contributed by atoms with Crippen molar-refractivity contribution in [3.05, 3.63) is 46.8 Å². The number of nitrogens with zero attached hydrogens (tertiary/aromatic N) is 4. The molecule has 2 aromatic rings. The first-order valence-corrected chi connectivity index (χ1v) is 6.15. The quantitative estimate of drug-likeness (QED) is 0.901. The fourth-order valence-corrected chi connectivity index (χ4v) is 1.88. The Bertz CT molecular complexity index is 604. The van der Waals surface area contributed by atoms with Crippen molar-refractivity contribution in [2.45, 2.75) is 26.9 Å². The van der Waals surface area contributed by atoms with Crippen LogP contribution in [0.2, 0.25) is 0 Å². The van der Waals surface area contributed by atoms with Gasteiger partial charge in [-0.1, -0.05) is 0 Å². The Morgan fingerprint density at radius 3 is 2.63 bits per heavy atom. The average Bonchev–Trinajstić information content (AvgIpc) is 2.69. The number of hydrogen-bond acceptors (Lipinski definition) is 4. The fourth-order valence-electron chi connectivity index (χ4n) is 1.88. The van der Waals surface area contributed by atoms with E-state index >= 15 is 0 Å². The van der Waals surface area contributed by atoms with Crippen LogP contribution >= 0.6 is 0 Å². The van der Waals surface area contributed by atoms with Gasteiger partial charge in [-0.15, -0.1) is 0 Å². The van der Waals surface area contributed by atoms with Gasteiger partial charge in [0.2, 0.25) is 0 Å². The van der Waals surface area contributed by atoms with Crippen molar-refractivity contribution in [3.8, 4) is 6.07 Å². The van der Waals surface area contributed by atoms with Gasteiger partial charge < -0.3 is 9.88 Å². The summed E-state index contributed by atoms with van der Waals surface area (Å²) in [6.45, 7) is 5.32. The summed E-state index contributed by atoms with van der Waals surface area (Å²) >= 11 is 0. The predicted molar refractivity (Wildman–Crippen MR) is 72.2 cm³/mol. The van der Waals surface area contributed by atoms with Crippen molar-refractivity contribution in [1.29, 1.82) is 5.26 Å². The summed E-state index contributed by atoms with van der Waals surface area (Å²) in [5, 5.41) is 12.3. The maximum atomic E-state index is 8.98. The molecule has 0 unspecified atom stereocenters. The van der Waals surface area contributed by atoms with E-state index in [4.69, 9.17) is 5.26 Å². The largest absolute Gasteiger partial charge is 0.340 e. The van der Waals surface area contributed by atoms with Gasteiger partial charge in [0, 0.05) is 38.2 Å². The topological polar surface area (TPSA) is 66.5 Å². The predicted octanol–water partition coefficient (Wildman–Crippen LogP) is 1.59. The molecule has 0 fully saturated rings. The molecule has 0 aromatic carbocycles. The third-order valence-corrected chi connectivity index (χ3v) is 3.21. The SMILES string of the molecule is Cc1cnc(CNCc2cc(C#N)n(C)c2C)cn1. The number of nitrogens with one attached hydrogen (secondary N) is 1. The van der Waals surface area contributed by atoms with Gasteiger partial charge in [0.25, 0.3) is 0 Å². The van der Waals surface area contributed by atoms with Crippen LogP contribution in [0, 0.1) is 25.2 Å². The first kappa shape index (κ1) is 13.2. The molecule has 0 saturated heterocycles. The second kappa shape index (κ2) is 5.63. The van der Waals surface area contributed by atoms with Crippen molar-refractivity contribution in [1.82, 2.24) is 19.9 Å². The molecule has 0 aliphatic rings. The molecule has 5 heteroatoms. The Balaban J connectivity index is 1.96. The molecule has 0 spiro atoms. The van der Waals surface area contributed by atoms with E-state index in [1.54, 1.807) is 12.4 Å². The molecule has 2 rings (SSSR count). The minimum Gasteiger partial charge on any atom is -0.340 e. The molecule has 0 saturated carbocycles. The van der Waals surface area contributed by atoms with E-state index in [0.717, 1.165) is 29.2 Å². The van der Waals surface area contributed by atoms with Crippen LogP contribution in [0.1, 0.15) is 28.3 Å². The summed E-state index contributed by atoms with van der Waals surface area (Å²) in [7, 11) is 1.91. The Labute approximate surface area is 112 Å². The molecule has 0 bridgehead atoms. The number of aromatic nitrogens is 3. The minimum atomic E-state index is 0.670. The first-order valence-electron chi connectivity index (χ1n) is 6.15. The molecule has 2 heterocycles. The Hall–Kier alpha value is -2.19. The summed E-state index contributed by atoms with van der Waals surface area (Å²) in [5.74, 6) is 0. The normalized spacial score (nSPS) is 10.4. The number of hydrogen-bond donors (Lipinski definition) is 1. The molecule has 19 heavy (non-hydrogen) atoms. The summed E-state index contributed by atoms with van der Waals surface area (Å²) in [6, 6.07) is 4.10. The highest BCUT2D eigenvalue weighted by molar-refractivity contribution is 5.34. The van der Waals surface area contributed by atoms with Gasteiger partial charge in [-0.25, -0.2) is 0 Å². The van der Waals surface area contributed by atoms with Gasteiger partial charge in [-0.2, -0.15) is 5.26 Å². The Kier molecular flexibility index (Phi) is 3.93. The van der Waals surface area contributed by atoms with Crippen molar-refractivity contribution in [2.75, 3.05) is 0 Å². The van der Waals surface area contributed by atoms with Crippen LogP contribution in [0.3, 0.4) is 0 Å². The van der Waals surface area contributed by atoms with Crippen molar-refractivity contribution < 1.29 is 0 Å². The molecule has 2 aromatic heterocycles. The molecular weight excluding hydrogens is 238 g/mol. The monoisotopic (exact) mass is 255 g/mol. The number of nitriles is 1. The van der Waals surface area contributed by atoms with Crippen LogP contribution in [0.15, 0.2) is 18.5 Å². The molecule has 0 atom stereocenters. The molecule has 0 radical (unpaired) electrons. The minimum absolute atomic E-state index is 0.670.